The minimum absolute atomic E-state index is 0.0117. The molecular formula is C14H14N4O. The van der Waals surface area contributed by atoms with Gasteiger partial charge in [0, 0.05) is 30.1 Å². The molecule has 1 aromatic carbocycles. The number of nitrogens with zero attached hydrogens (tertiary/aromatic N) is 1. The molecule has 0 bridgehead atoms. The van der Waals surface area contributed by atoms with E-state index in [2.05, 4.69) is 10.3 Å². The predicted molar refractivity (Wildman–Crippen MR) is 72.9 cm³/mol. The van der Waals surface area contributed by atoms with E-state index in [1.165, 1.54) is 0 Å². The van der Waals surface area contributed by atoms with Crippen LogP contribution < -0.4 is 11.1 Å². The Morgan fingerprint density at radius 2 is 1.89 bits per heavy atom. The fourth-order valence-electron chi connectivity index (χ4n) is 1.59. The first-order valence-electron chi connectivity index (χ1n) is 5.78. The van der Waals surface area contributed by atoms with Gasteiger partial charge in [-0.25, -0.2) is 0 Å². The zero-order chi connectivity index (χ0) is 13.7. The number of nitrogen functional groups attached to an aromatic ring is 1. The van der Waals surface area contributed by atoms with E-state index in [-0.39, 0.29) is 11.7 Å². The lowest BCUT2D eigenvalue weighted by molar-refractivity contribution is 0.0951. The smallest absolute Gasteiger partial charge is 0.251 e. The van der Waals surface area contributed by atoms with Crippen molar-refractivity contribution in [1.82, 2.24) is 10.3 Å². The van der Waals surface area contributed by atoms with Gasteiger partial charge in [-0.05, 0) is 23.8 Å². The molecule has 96 valence electrons. The maximum atomic E-state index is 11.9. The third kappa shape index (κ3) is 3.38. The third-order valence-corrected chi connectivity index (χ3v) is 2.63. The van der Waals surface area contributed by atoms with E-state index >= 15 is 0 Å². The quantitative estimate of drug-likeness (QED) is 0.567. The molecule has 0 aliphatic heterocycles. The molecule has 4 N–H and O–H groups in total. The summed E-state index contributed by atoms with van der Waals surface area (Å²) in [5, 5.41) is 10.1. The predicted octanol–water partition coefficient (Wildman–Crippen LogP) is 1.30. The van der Waals surface area contributed by atoms with Gasteiger partial charge in [-0.3, -0.25) is 15.2 Å². The van der Waals surface area contributed by atoms with Crippen LogP contribution in [0.15, 0.2) is 48.8 Å². The van der Waals surface area contributed by atoms with Crippen molar-refractivity contribution in [3.05, 3.63) is 65.5 Å². The van der Waals surface area contributed by atoms with Crippen LogP contribution in [-0.2, 0) is 6.54 Å². The Balaban J connectivity index is 1.98. The van der Waals surface area contributed by atoms with Crippen LogP contribution in [0.5, 0.6) is 0 Å². The number of aromatic nitrogens is 1. The minimum Gasteiger partial charge on any atom is -0.384 e. The van der Waals surface area contributed by atoms with Crippen LogP contribution in [0, 0.1) is 5.41 Å². The Kier molecular flexibility index (Phi) is 3.87. The molecule has 1 aromatic heterocycles. The topological polar surface area (TPSA) is 91.9 Å². The van der Waals surface area contributed by atoms with E-state index in [9.17, 15) is 4.79 Å². The number of nitrogens with two attached hydrogens (primary N) is 1. The summed E-state index contributed by atoms with van der Waals surface area (Å²) in [5.41, 5.74) is 7.43. The molecule has 2 rings (SSSR count). The van der Waals surface area contributed by atoms with Crippen LogP contribution >= 0.6 is 0 Å². The van der Waals surface area contributed by atoms with Gasteiger partial charge >= 0.3 is 0 Å². The molecule has 0 fully saturated rings. The molecule has 0 saturated heterocycles. The van der Waals surface area contributed by atoms with Gasteiger partial charge in [-0.1, -0.05) is 18.2 Å². The van der Waals surface area contributed by atoms with Gasteiger partial charge in [0.15, 0.2) is 0 Å². The number of nitrogens with one attached hydrogen (secondary N) is 2. The molecule has 1 heterocycles. The maximum Gasteiger partial charge on any atom is 0.251 e. The first-order valence-corrected chi connectivity index (χ1v) is 5.78. The lowest BCUT2D eigenvalue weighted by atomic mass is 10.1. The molecule has 1 amide bonds. The van der Waals surface area contributed by atoms with Gasteiger partial charge in [0.25, 0.3) is 5.91 Å². The maximum absolute atomic E-state index is 11.9. The first kappa shape index (κ1) is 12.8. The summed E-state index contributed by atoms with van der Waals surface area (Å²) < 4.78 is 0. The van der Waals surface area contributed by atoms with Crippen molar-refractivity contribution in [2.45, 2.75) is 6.54 Å². The number of carbonyl (C=O) groups excluding carboxylic acids is 1. The van der Waals surface area contributed by atoms with Gasteiger partial charge in [-0.15, -0.1) is 0 Å². The molecule has 0 aliphatic carbocycles. The summed E-state index contributed by atoms with van der Waals surface area (Å²) in [7, 11) is 0. The standard InChI is InChI=1S/C14H14N4O/c15-13(16)11-3-5-12(6-4-11)14(19)18-9-10-2-1-7-17-8-10/h1-8H,9H2,(H3,15,16)(H,18,19). The van der Waals surface area contributed by atoms with Crippen molar-refractivity contribution in [2.24, 2.45) is 5.73 Å². The Morgan fingerprint density at radius 3 is 2.47 bits per heavy atom. The Hall–Kier alpha value is -2.69. The van der Waals surface area contributed by atoms with Crippen LogP contribution in [0.2, 0.25) is 0 Å². The highest BCUT2D eigenvalue weighted by atomic mass is 16.1. The van der Waals surface area contributed by atoms with Crippen LogP contribution in [0.1, 0.15) is 21.5 Å². The number of carbonyl (C=O) groups is 1. The molecule has 0 saturated carbocycles. The van der Waals surface area contributed by atoms with Crippen molar-refractivity contribution in [1.29, 1.82) is 5.41 Å². The molecule has 5 heteroatoms. The number of rotatable bonds is 4. The molecule has 0 spiro atoms. The average molecular weight is 254 g/mol. The van der Waals surface area contributed by atoms with Gasteiger partial charge in [0.05, 0.1) is 0 Å². The van der Waals surface area contributed by atoms with E-state index in [0.717, 1.165) is 5.56 Å². The molecular weight excluding hydrogens is 240 g/mol. The van der Waals surface area contributed by atoms with E-state index < -0.39 is 0 Å². The largest absolute Gasteiger partial charge is 0.384 e. The number of hydrogen-bond acceptors (Lipinski definition) is 3. The minimum atomic E-state index is -0.168. The molecule has 0 aliphatic rings. The third-order valence-electron chi connectivity index (χ3n) is 2.63. The van der Waals surface area contributed by atoms with Crippen molar-refractivity contribution < 1.29 is 4.79 Å². The second-order valence-corrected chi connectivity index (χ2v) is 4.03. The van der Waals surface area contributed by atoms with E-state index in [4.69, 9.17) is 11.1 Å². The van der Waals surface area contributed by atoms with Crippen molar-refractivity contribution in [2.75, 3.05) is 0 Å². The van der Waals surface area contributed by atoms with Gasteiger partial charge < -0.3 is 11.1 Å². The second kappa shape index (κ2) is 5.77. The van der Waals surface area contributed by atoms with Crippen molar-refractivity contribution in [3.63, 3.8) is 0 Å². The van der Waals surface area contributed by atoms with Crippen LogP contribution in [-0.4, -0.2) is 16.7 Å². The zero-order valence-electron chi connectivity index (χ0n) is 10.3. The molecule has 2 aromatic rings. The number of amides is 1. The lowest BCUT2D eigenvalue weighted by Crippen LogP contribution is -2.23. The number of amidine groups is 1. The molecule has 5 nitrogen and oxygen atoms in total. The number of hydrogen-bond donors (Lipinski definition) is 3. The molecule has 0 atom stereocenters. The molecule has 19 heavy (non-hydrogen) atoms. The van der Waals surface area contributed by atoms with Crippen LogP contribution in [0.25, 0.3) is 0 Å². The number of pyridine rings is 1. The Bertz CT molecular complexity index is 578. The van der Waals surface area contributed by atoms with Crippen molar-refractivity contribution in [3.8, 4) is 0 Å². The second-order valence-electron chi connectivity index (χ2n) is 4.03. The van der Waals surface area contributed by atoms with E-state index in [1.807, 2.05) is 12.1 Å². The molecule has 0 radical (unpaired) electrons. The van der Waals surface area contributed by atoms with Crippen molar-refractivity contribution >= 4 is 11.7 Å². The monoisotopic (exact) mass is 254 g/mol. The lowest BCUT2D eigenvalue weighted by Gasteiger charge is -2.05. The van der Waals surface area contributed by atoms with Crippen LogP contribution in [0.3, 0.4) is 0 Å². The SMILES string of the molecule is N=C(N)c1ccc(C(=O)NCc2cccnc2)cc1. The average Bonchev–Trinajstić information content (AvgIpc) is 2.46. The highest BCUT2D eigenvalue weighted by Crippen LogP contribution is 2.04. The summed E-state index contributed by atoms with van der Waals surface area (Å²) in [6.07, 6.45) is 3.39. The summed E-state index contributed by atoms with van der Waals surface area (Å²) in [5.74, 6) is -0.179. The van der Waals surface area contributed by atoms with Crippen LogP contribution in [0.4, 0.5) is 0 Å². The van der Waals surface area contributed by atoms with E-state index in [0.29, 0.717) is 17.7 Å². The highest BCUT2D eigenvalue weighted by Gasteiger charge is 2.05. The first-order chi connectivity index (χ1) is 9.16. The molecule has 0 unspecified atom stereocenters. The summed E-state index contributed by atoms with van der Waals surface area (Å²) in [6.45, 7) is 0.432. The van der Waals surface area contributed by atoms with Gasteiger partial charge in [0.1, 0.15) is 5.84 Å². The fraction of sp³-hybridized carbons (Fsp3) is 0.0714. The number of benzene rings is 1. The van der Waals surface area contributed by atoms with Gasteiger partial charge in [-0.2, -0.15) is 0 Å². The highest BCUT2D eigenvalue weighted by molar-refractivity contribution is 5.98. The van der Waals surface area contributed by atoms with E-state index in [1.54, 1.807) is 36.7 Å². The zero-order valence-corrected chi connectivity index (χ0v) is 10.3. The van der Waals surface area contributed by atoms with Gasteiger partial charge in [0.2, 0.25) is 0 Å². The summed E-state index contributed by atoms with van der Waals surface area (Å²) in [4.78, 5) is 15.9. The Morgan fingerprint density at radius 1 is 1.21 bits per heavy atom. The fourth-order valence-corrected chi connectivity index (χ4v) is 1.59. The Labute approximate surface area is 111 Å². The summed E-state index contributed by atoms with van der Waals surface area (Å²) in [6, 6.07) is 10.3. The normalized spacial score (nSPS) is 9.89. The summed E-state index contributed by atoms with van der Waals surface area (Å²) >= 11 is 0.